The summed E-state index contributed by atoms with van der Waals surface area (Å²) in [4.78, 5) is 10.6. The summed E-state index contributed by atoms with van der Waals surface area (Å²) in [5.74, 6) is -0.239. The molecule has 0 saturated carbocycles. The Hall–Kier alpha value is -2.69. The number of aliphatic hydroxyl groups is 4. The van der Waals surface area contributed by atoms with Gasteiger partial charge in [0.1, 0.15) is 35.9 Å². The van der Waals surface area contributed by atoms with Crippen molar-refractivity contribution in [2.24, 2.45) is 0 Å². The minimum Gasteiger partial charge on any atom is -0.482 e. The van der Waals surface area contributed by atoms with Crippen LogP contribution in [-0.2, 0) is 16.0 Å². The molecule has 3 rings (SSSR count). The largest absolute Gasteiger partial charge is 0.482 e. The van der Waals surface area contributed by atoms with Crippen molar-refractivity contribution in [1.82, 2.24) is 0 Å². The Morgan fingerprint density at radius 3 is 2.20 bits per heavy atom. The van der Waals surface area contributed by atoms with E-state index in [1.165, 1.54) is 0 Å². The lowest BCUT2D eigenvalue weighted by Gasteiger charge is -2.39. The Balaban J connectivity index is 1.68. The number of carbonyl (C=O) groups is 1. The summed E-state index contributed by atoms with van der Waals surface area (Å²) in [6, 6.07) is 14.0. The fraction of sp³-hybridized carbons (Fsp3) is 0.381. The van der Waals surface area contributed by atoms with Crippen LogP contribution in [-0.4, -0.2) is 75.4 Å². The number of benzene rings is 2. The van der Waals surface area contributed by atoms with Gasteiger partial charge in [0.25, 0.3) is 0 Å². The molecule has 5 atom stereocenters. The zero-order chi connectivity index (χ0) is 21.7. The minimum atomic E-state index is -1.52. The van der Waals surface area contributed by atoms with E-state index in [0.29, 0.717) is 17.9 Å². The van der Waals surface area contributed by atoms with E-state index >= 15 is 0 Å². The Bertz CT molecular complexity index is 854. The van der Waals surface area contributed by atoms with Crippen molar-refractivity contribution in [2.45, 2.75) is 37.1 Å². The second-order valence-corrected chi connectivity index (χ2v) is 6.97. The highest BCUT2D eigenvalue weighted by molar-refractivity contribution is 5.68. The highest BCUT2D eigenvalue weighted by atomic mass is 16.7. The average Bonchev–Trinajstić information content (AvgIpc) is 2.73. The van der Waals surface area contributed by atoms with Gasteiger partial charge in [0.15, 0.2) is 6.61 Å². The first-order chi connectivity index (χ1) is 14.4. The molecule has 9 nitrogen and oxygen atoms in total. The van der Waals surface area contributed by atoms with Crippen molar-refractivity contribution < 1.29 is 44.5 Å². The molecule has 30 heavy (non-hydrogen) atoms. The highest BCUT2D eigenvalue weighted by Crippen LogP contribution is 2.25. The molecule has 0 bridgehead atoms. The van der Waals surface area contributed by atoms with Crippen molar-refractivity contribution in [3.8, 4) is 11.5 Å². The summed E-state index contributed by atoms with van der Waals surface area (Å²) in [6.07, 6.45) is -6.26. The van der Waals surface area contributed by atoms with Crippen LogP contribution in [0.1, 0.15) is 11.1 Å². The third-order valence-corrected chi connectivity index (χ3v) is 4.67. The molecular weight excluding hydrogens is 396 g/mol. The molecule has 5 N–H and O–H groups in total. The van der Waals surface area contributed by atoms with Gasteiger partial charge in [0, 0.05) is 0 Å². The second kappa shape index (κ2) is 9.88. The predicted octanol–water partition coefficient (Wildman–Crippen LogP) is -0.0805. The predicted molar refractivity (Wildman–Crippen MR) is 103 cm³/mol. The number of hydrogen-bond acceptors (Lipinski definition) is 8. The van der Waals surface area contributed by atoms with Crippen molar-refractivity contribution in [3.63, 3.8) is 0 Å². The monoisotopic (exact) mass is 420 g/mol. The van der Waals surface area contributed by atoms with E-state index in [1.54, 1.807) is 36.4 Å². The molecule has 2 aromatic carbocycles. The quantitative estimate of drug-likeness (QED) is 0.396. The number of aliphatic carboxylic acids is 1. The van der Waals surface area contributed by atoms with Gasteiger partial charge in [-0.3, -0.25) is 0 Å². The molecule has 0 radical (unpaired) electrons. The van der Waals surface area contributed by atoms with Gasteiger partial charge in [-0.15, -0.1) is 0 Å². The topological polar surface area (TPSA) is 146 Å². The Kier molecular flexibility index (Phi) is 7.24. The van der Waals surface area contributed by atoms with Gasteiger partial charge in [-0.2, -0.15) is 0 Å². The molecule has 0 unspecified atom stereocenters. The van der Waals surface area contributed by atoms with Crippen LogP contribution in [0.25, 0.3) is 0 Å². The molecule has 1 fully saturated rings. The lowest BCUT2D eigenvalue weighted by atomic mass is 9.99. The number of rotatable bonds is 8. The fourth-order valence-electron chi connectivity index (χ4n) is 3.15. The molecular formula is C21H24O9. The summed E-state index contributed by atoms with van der Waals surface area (Å²) < 4.78 is 16.2. The van der Waals surface area contributed by atoms with Crippen molar-refractivity contribution in [3.05, 3.63) is 59.7 Å². The number of aliphatic hydroxyl groups excluding tert-OH is 4. The van der Waals surface area contributed by atoms with Crippen LogP contribution in [0.2, 0.25) is 0 Å². The minimum absolute atomic E-state index is 0.370. The fourth-order valence-corrected chi connectivity index (χ4v) is 3.15. The van der Waals surface area contributed by atoms with E-state index in [9.17, 15) is 25.2 Å². The summed E-state index contributed by atoms with van der Waals surface area (Å²) in [5.41, 5.74) is 1.76. The van der Waals surface area contributed by atoms with Crippen LogP contribution >= 0.6 is 0 Å². The lowest BCUT2D eigenvalue weighted by molar-refractivity contribution is -0.277. The van der Waals surface area contributed by atoms with E-state index in [0.717, 1.165) is 11.1 Å². The van der Waals surface area contributed by atoms with E-state index in [-0.39, 0.29) is 0 Å². The standard InChI is InChI=1S/C21H24O9/c22-10-16-18(25)19(26)20(27)21(30-16)29-15-6-2-4-13(9-15)7-12-3-1-5-14(8-12)28-11-17(23)24/h1-6,8-9,16,18-22,25-27H,7,10-11H2,(H,23,24)/t16-,18-,19+,20+,21-/m1/s1. The summed E-state index contributed by atoms with van der Waals surface area (Å²) in [7, 11) is 0. The normalized spacial score (nSPS) is 26.2. The maximum absolute atomic E-state index is 10.6. The van der Waals surface area contributed by atoms with E-state index in [2.05, 4.69) is 0 Å². The maximum Gasteiger partial charge on any atom is 0.341 e. The van der Waals surface area contributed by atoms with E-state index in [1.807, 2.05) is 12.1 Å². The summed E-state index contributed by atoms with van der Waals surface area (Å²) in [5, 5.41) is 47.8. The molecule has 1 aliphatic heterocycles. The zero-order valence-corrected chi connectivity index (χ0v) is 16.0. The lowest BCUT2D eigenvalue weighted by Crippen LogP contribution is -2.60. The maximum atomic E-state index is 10.6. The smallest absolute Gasteiger partial charge is 0.341 e. The van der Waals surface area contributed by atoms with Crippen LogP contribution in [0, 0.1) is 0 Å². The third-order valence-electron chi connectivity index (χ3n) is 4.67. The third kappa shape index (κ3) is 5.47. The average molecular weight is 420 g/mol. The molecule has 1 saturated heterocycles. The van der Waals surface area contributed by atoms with Crippen LogP contribution in [0.4, 0.5) is 0 Å². The molecule has 9 heteroatoms. The molecule has 0 aromatic heterocycles. The first-order valence-electron chi connectivity index (χ1n) is 9.37. The molecule has 0 spiro atoms. The number of carboxylic acid groups (broad SMARTS) is 1. The van der Waals surface area contributed by atoms with Crippen molar-refractivity contribution in [2.75, 3.05) is 13.2 Å². The molecule has 1 heterocycles. The highest BCUT2D eigenvalue weighted by Gasteiger charge is 2.44. The number of carboxylic acids is 1. The van der Waals surface area contributed by atoms with E-state index in [4.69, 9.17) is 19.3 Å². The molecule has 2 aromatic rings. The molecule has 1 aliphatic rings. The van der Waals surface area contributed by atoms with Crippen LogP contribution < -0.4 is 9.47 Å². The van der Waals surface area contributed by atoms with Gasteiger partial charge in [0.2, 0.25) is 6.29 Å². The van der Waals surface area contributed by atoms with Crippen LogP contribution in [0.5, 0.6) is 11.5 Å². The SMILES string of the molecule is O=C(O)COc1cccc(Cc2cccc(O[C@@H]3O[C@H](CO)[C@@H](O)[C@H](O)[C@@H]3O)c2)c1. The number of ether oxygens (including phenoxy) is 3. The first-order valence-corrected chi connectivity index (χ1v) is 9.37. The van der Waals surface area contributed by atoms with E-state index < -0.39 is 49.9 Å². The Morgan fingerprint density at radius 2 is 1.57 bits per heavy atom. The molecule has 0 amide bonds. The van der Waals surface area contributed by atoms with Crippen molar-refractivity contribution >= 4 is 5.97 Å². The first kappa shape index (κ1) is 22.0. The Labute approximate surface area is 172 Å². The van der Waals surface area contributed by atoms with Gasteiger partial charge in [0.05, 0.1) is 6.61 Å². The molecule has 0 aliphatic carbocycles. The van der Waals surface area contributed by atoms with Gasteiger partial charge in [-0.05, 0) is 41.8 Å². The number of hydrogen-bond donors (Lipinski definition) is 5. The zero-order valence-electron chi connectivity index (χ0n) is 16.0. The van der Waals surface area contributed by atoms with Crippen molar-refractivity contribution in [1.29, 1.82) is 0 Å². The van der Waals surface area contributed by atoms with Gasteiger partial charge in [-0.25, -0.2) is 4.79 Å². The summed E-state index contributed by atoms with van der Waals surface area (Å²) in [6.45, 7) is -0.961. The van der Waals surface area contributed by atoms with Gasteiger partial charge >= 0.3 is 5.97 Å². The molecule has 162 valence electrons. The van der Waals surface area contributed by atoms with Crippen LogP contribution in [0.3, 0.4) is 0 Å². The van der Waals surface area contributed by atoms with Gasteiger partial charge < -0.3 is 39.7 Å². The van der Waals surface area contributed by atoms with Crippen LogP contribution in [0.15, 0.2) is 48.5 Å². The Morgan fingerprint density at radius 1 is 0.933 bits per heavy atom. The summed E-state index contributed by atoms with van der Waals surface area (Å²) >= 11 is 0. The van der Waals surface area contributed by atoms with Gasteiger partial charge in [-0.1, -0.05) is 24.3 Å². The second-order valence-electron chi connectivity index (χ2n) is 6.97.